The standard InChI is InChI=1S/3C17H25NOSi.Bi/c3*1-17(2,3)16(19-20(4)5)11-13-18-12-10-14-8-6-7-9-15(14)18;/h3*6,8-10,12,16H,11,13H2,1-5H3;. The van der Waals surface area contributed by atoms with E-state index in [1.807, 2.05) is 0 Å². The molecule has 0 aliphatic rings. The Bertz CT molecular complexity index is 2100. The fraction of sp³-hybridized carbons (Fsp3) is 0.529. The number of aryl methyl sites for hydroxylation is 3. The molecule has 3 unspecified atom stereocenters. The van der Waals surface area contributed by atoms with Gasteiger partial charge in [0.25, 0.3) is 0 Å². The van der Waals surface area contributed by atoms with E-state index in [-0.39, 0.29) is 34.6 Å². The van der Waals surface area contributed by atoms with Gasteiger partial charge in [0, 0.05) is 0 Å². The molecule has 0 aliphatic heterocycles. The Hall–Kier alpha value is -2.31. The van der Waals surface area contributed by atoms with Crippen LogP contribution >= 0.6 is 0 Å². The number of benzene rings is 3. The van der Waals surface area contributed by atoms with Crippen molar-refractivity contribution in [2.75, 3.05) is 0 Å². The summed E-state index contributed by atoms with van der Waals surface area (Å²) in [5.74, 6) is 0. The van der Waals surface area contributed by atoms with Gasteiger partial charge in [-0.2, -0.15) is 0 Å². The Morgan fingerprint density at radius 3 is 0.918 bits per heavy atom. The van der Waals surface area contributed by atoms with Crippen LogP contribution in [0.1, 0.15) is 81.6 Å². The average Bonchev–Trinajstić information content (AvgIpc) is 3.88. The quantitative estimate of drug-likeness (QED) is 0.0806. The van der Waals surface area contributed by atoms with Gasteiger partial charge in [-0.25, -0.2) is 0 Å². The summed E-state index contributed by atoms with van der Waals surface area (Å²) < 4.78 is 31.8. The van der Waals surface area contributed by atoms with Crippen LogP contribution in [0.4, 0.5) is 0 Å². The molecule has 6 aromatic rings. The first-order valence-corrected chi connectivity index (χ1v) is 35.0. The van der Waals surface area contributed by atoms with Crippen LogP contribution in [0.2, 0.25) is 39.3 Å². The molecule has 3 atom stereocenters. The summed E-state index contributed by atoms with van der Waals surface area (Å²) in [7, 11) is -2.43. The van der Waals surface area contributed by atoms with Crippen LogP contribution in [0, 0.1) is 16.2 Å². The molecule has 0 aliphatic carbocycles. The first-order chi connectivity index (χ1) is 28.6. The fourth-order valence-corrected chi connectivity index (χ4v) is 20.7. The van der Waals surface area contributed by atoms with E-state index in [0.717, 1.165) is 38.9 Å². The Morgan fingerprint density at radius 1 is 0.426 bits per heavy atom. The molecular formula is C51H75BiN3O3Si3. The van der Waals surface area contributed by atoms with Crippen molar-refractivity contribution in [2.45, 2.75) is 159 Å². The van der Waals surface area contributed by atoms with Crippen LogP contribution in [0.25, 0.3) is 32.7 Å². The summed E-state index contributed by atoms with van der Waals surface area (Å²) in [5.41, 5.74) is 4.28. The normalized spacial score (nSPS) is 14.8. The number of nitrogens with zero attached hydrogens (tertiary/aromatic N) is 3. The topological polar surface area (TPSA) is 42.5 Å². The van der Waals surface area contributed by atoms with Gasteiger partial charge in [-0.05, 0) is 0 Å². The maximum absolute atomic E-state index is 6.59. The molecule has 3 aromatic heterocycles. The second kappa shape index (κ2) is 19.8. The van der Waals surface area contributed by atoms with Crippen LogP contribution in [-0.2, 0) is 32.9 Å². The molecule has 3 heterocycles. The zero-order valence-electron chi connectivity index (χ0n) is 40.1. The predicted octanol–water partition coefficient (Wildman–Crippen LogP) is 11.3. The van der Waals surface area contributed by atoms with Gasteiger partial charge in [0.05, 0.1) is 0 Å². The van der Waals surface area contributed by atoms with E-state index in [1.165, 1.54) is 42.5 Å². The van der Waals surface area contributed by atoms with Crippen molar-refractivity contribution in [1.82, 2.24) is 13.7 Å². The second-order valence-corrected chi connectivity index (χ2v) is 35.9. The number of aromatic nitrogens is 3. The third kappa shape index (κ3) is 12.3. The molecule has 3 radical (unpaired) electrons. The molecule has 10 heteroatoms. The molecule has 61 heavy (non-hydrogen) atoms. The molecule has 329 valence electrons. The van der Waals surface area contributed by atoms with Gasteiger partial charge in [0.1, 0.15) is 0 Å². The minimum absolute atomic E-state index is 0.0939. The fourth-order valence-electron chi connectivity index (χ4n) is 8.60. The van der Waals surface area contributed by atoms with Gasteiger partial charge in [0.2, 0.25) is 0 Å². The molecular weight excluding hydrogens is 996 g/mol. The van der Waals surface area contributed by atoms with Crippen molar-refractivity contribution in [1.29, 1.82) is 0 Å². The summed E-state index contributed by atoms with van der Waals surface area (Å²) in [6.45, 7) is 37.2. The third-order valence-electron chi connectivity index (χ3n) is 12.0. The second-order valence-electron chi connectivity index (χ2n) is 21.1. The first-order valence-electron chi connectivity index (χ1n) is 22.6. The molecule has 0 saturated carbocycles. The summed E-state index contributed by atoms with van der Waals surface area (Å²) >= 11 is -2.92. The summed E-state index contributed by atoms with van der Waals surface area (Å²) in [5, 5.41) is 3.93. The maximum atomic E-state index is 6.59. The van der Waals surface area contributed by atoms with E-state index in [9.17, 15) is 0 Å². The summed E-state index contributed by atoms with van der Waals surface area (Å²) in [6.07, 6.45) is 10.6. The molecule has 0 spiro atoms. The minimum atomic E-state index is -2.92. The first kappa shape index (κ1) is 48.2. The van der Waals surface area contributed by atoms with Crippen molar-refractivity contribution in [3.8, 4) is 0 Å². The van der Waals surface area contributed by atoms with Crippen molar-refractivity contribution in [3.05, 3.63) is 91.4 Å². The molecule has 3 aromatic carbocycles. The monoisotopic (exact) mass is 1070 g/mol. The van der Waals surface area contributed by atoms with Gasteiger partial charge < -0.3 is 0 Å². The molecule has 0 saturated heterocycles. The van der Waals surface area contributed by atoms with Gasteiger partial charge in [-0.15, -0.1) is 0 Å². The van der Waals surface area contributed by atoms with Crippen LogP contribution < -0.4 is 9.81 Å². The number of fused-ring (bicyclic) bond motifs is 3. The Balaban J connectivity index is 1.42. The zero-order valence-corrected chi connectivity index (χ0v) is 46.6. The van der Waals surface area contributed by atoms with E-state index < -0.39 is 48.9 Å². The molecule has 6 rings (SSSR count). The van der Waals surface area contributed by atoms with Crippen LogP contribution in [-0.4, -0.2) is 80.9 Å². The van der Waals surface area contributed by atoms with Crippen LogP contribution in [0.15, 0.2) is 91.4 Å². The Morgan fingerprint density at radius 2 is 0.689 bits per heavy atom. The molecule has 0 amide bonds. The number of hydrogen-bond donors (Lipinski definition) is 0. The van der Waals surface area contributed by atoms with Crippen molar-refractivity contribution in [2.24, 2.45) is 16.2 Å². The van der Waals surface area contributed by atoms with Gasteiger partial charge in [-0.1, -0.05) is 0 Å². The average molecular weight is 1070 g/mol. The van der Waals surface area contributed by atoms with Crippen LogP contribution in [0.3, 0.4) is 0 Å². The summed E-state index contributed by atoms with van der Waals surface area (Å²) in [6, 6.07) is 29.1. The van der Waals surface area contributed by atoms with Crippen molar-refractivity contribution >= 4 is 91.4 Å². The van der Waals surface area contributed by atoms with Crippen LogP contribution in [0.5, 0.6) is 0 Å². The Labute approximate surface area is 382 Å². The van der Waals surface area contributed by atoms with E-state index in [1.54, 1.807) is 0 Å². The van der Waals surface area contributed by atoms with E-state index in [2.05, 4.69) is 207 Å². The van der Waals surface area contributed by atoms with Gasteiger partial charge >= 0.3 is 385 Å². The van der Waals surface area contributed by atoms with Crippen molar-refractivity contribution < 1.29 is 13.3 Å². The third-order valence-corrected chi connectivity index (χ3v) is 23.5. The SMILES string of the molecule is C[Si](C)OC(CCn1ccc2cc[c]([Bi]([c]3ccc4ccn(CCC(O[Si](C)C)C(C)(C)C)c4c3)[c]3ccc4ccn(CCC(O[Si](C)C)C(C)(C)C)c4c3)cc21)C(C)(C)C. The molecule has 0 fully saturated rings. The van der Waals surface area contributed by atoms with Crippen molar-refractivity contribution in [3.63, 3.8) is 0 Å². The van der Waals surface area contributed by atoms with E-state index >= 15 is 0 Å². The van der Waals surface area contributed by atoms with E-state index in [4.69, 9.17) is 13.3 Å². The van der Waals surface area contributed by atoms with Gasteiger partial charge in [0.15, 0.2) is 0 Å². The van der Waals surface area contributed by atoms with E-state index in [0.29, 0.717) is 0 Å². The predicted molar refractivity (Wildman–Crippen MR) is 270 cm³/mol. The summed E-state index contributed by atoms with van der Waals surface area (Å²) in [4.78, 5) is 0. The number of hydrogen-bond acceptors (Lipinski definition) is 3. The molecule has 6 nitrogen and oxygen atoms in total. The molecule has 0 bridgehead atoms. The number of rotatable bonds is 18. The zero-order chi connectivity index (χ0) is 44.4. The molecule has 0 N–H and O–H groups in total. The Kier molecular flexibility index (Phi) is 15.7. The van der Waals surface area contributed by atoms with Gasteiger partial charge in [-0.3, -0.25) is 0 Å².